The Morgan fingerprint density at radius 1 is 1.33 bits per heavy atom. The fraction of sp³-hybridized carbons (Fsp3) is 0.750. The van der Waals surface area contributed by atoms with Crippen molar-refractivity contribution in [3.05, 3.63) is 0 Å². The molecule has 1 saturated carbocycles. The van der Waals surface area contributed by atoms with E-state index in [1.807, 2.05) is 0 Å². The van der Waals surface area contributed by atoms with Gasteiger partial charge in [0.05, 0.1) is 18.9 Å². The first-order valence-corrected chi connectivity index (χ1v) is 3.95. The summed E-state index contributed by atoms with van der Waals surface area (Å²) in [6.45, 7) is 0. The maximum absolute atomic E-state index is 11.0. The largest absolute Gasteiger partial charge is 0.481 e. The summed E-state index contributed by atoms with van der Waals surface area (Å²) in [6, 6.07) is 0. The Kier molecular flexibility index (Phi) is 2.68. The first-order valence-electron chi connectivity index (χ1n) is 3.95. The molecule has 0 spiro atoms. The lowest BCUT2D eigenvalue weighted by atomic mass is 10.1. The van der Waals surface area contributed by atoms with Crippen LogP contribution in [-0.2, 0) is 14.3 Å². The second-order valence-electron chi connectivity index (χ2n) is 3.07. The molecule has 0 amide bonds. The molecule has 0 radical (unpaired) electrons. The third-order valence-electron chi connectivity index (χ3n) is 2.32. The maximum atomic E-state index is 11.0. The summed E-state index contributed by atoms with van der Waals surface area (Å²) in [5.74, 6) is -1.63. The second-order valence-corrected chi connectivity index (χ2v) is 3.07. The predicted molar refractivity (Wildman–Crippen MR) is 40.5 cm³/mol. The highest BCUT2D eigenvalue weighted by Crippen LogP contribution is 2.31. The molecule has 68 valence electrons. The van der Waals surface area contributed by atoms with Crippen molar-refractivity contribution >= 4 is 11.9 Å². The number of hydrogen-bond acceptors (Lipinski definition) is 3. The van der Waals surface area contributed by atoms with Crippen LogP contribution in [0.5, 0.6) is 0 Å². The van der Waals surface area contributed by atoms with E-state index < -0.39 is 5.97 Å². The van der Waals surface area contributed by atoms with Crippen molar-refractivity contribution in [2.75, 3.05) is 7.11 Å². The van der Waals surface area contributed by atoms with Crippen molar-refractivity contribution in [3.8, 4) is 0 Å². The smallest absolute Gasteiger partial charge is 0.308 e. The SMILES string of the molecule is COC(=O)[C@@H]1CCC(C(=O)O)C1. The summed E-state index contributed by atoms with van der Waals surface area (Å²) in [5, 5.41) is 8.63. The Morgan fingerprint density at radius 3 is 2.33 bits per heavy atom. The highest BCUT2D eigenvalue weighted by Gasteiger charge is 2.34. The molecular formula is C8H12O4. The molecule has 2 atom stereocenters. The van der Waals surface area contributed by atoms with E-state index in [-0.39, 0.29) is 17.8 Å². The van der Waals surface area contributed by atoms with E-state index >= 15 is 0 Å². The number of carboxylic acids is 1. The van der Waals surface area contributed by atoms with Gasteiger partial charge >= 0.3 is 11.9 Å². The van der Waals surface area contributed by atoms with Crippen molar-refractivity contribution < 1.29 is 19.4 Å². The minimum Gasteiger partial charge on any atom is -0.481 e. The number of methoxy groups -OCH3 is 1. The van der Waals surface area contributed by atoms with Gasteiger partial charge in [-0.15, -0.1) is 0 Å². The minimum atomic E-state index is -0.804. The molecular weight excluding hydrogens is 160 g/mol. The highest BCUT2D eigenvalue weighted by molar-refractivity contribution is 5.76. The van der Waals surface area contributed by atoms with Gasteiger partial charge in [0.1, 0.15) is 0 Å². The molecule has 4 nitrogen and oxygen atoms in total. The van der Waals surface area contributed by atoms with Gasteiger partial charge in [0.25, 0.3) is 0 Å². The lowest BCUT2D eigenvalue weighted by molar-refractivity contribution is -0.145. The van der Waals surface area contributed by atoms with E-state index in [9.17, 15) is 9.59 Å². The zero-order chi connectivity index (χ0) is 9.14. The van der Waals surface area contributed by atoms with Crippen LogP contribution in [0.3, 0.4) is 0 Å². The molecule has 1 unspecified atom stereocenters. The number of aliphatic carboxylic acids is 1. The van der Waals surface area contributed by atoms with Crippen molar-refractivity contribution in [1.82, 2.24) is 0 Å². The molecule has 0 heterocycles. The van der Waals surface area contributed by atoms with Crippen molar-refractivity contribution in [1.29, 1.82) is 0 Å². The van der Waals surface area contributed by atoms with Crippen molar-refractivity contribution in [3.63, 3.8) is 0 Å². The molecule has 0 aromatic heterocycles. The summed E-state index contributed by atoms with van der Waals surface area (Å²) in [6.07, 6.45) is 1.67. The van der Waals surface area contributed by atoms with Gasteiger partial charge in [-0.2, -0.15) is 0 Å². The number of hydrogen-bond donors (Lipinski definition) is 1. The minimum absolute atomic E-state index is 0.198. The molecule has 0 aromatic rings. The molecule has 1 rings (SSSR count). The van der Waals surface area contributed by atoms with Crippen LogP contribution >= 0.6 is 0 Å². The monoisotopic (exact) mass is 172 g/mol. The number of carboxylic acid groups (broad SMARTS) is 1. The van der Waals surface area contributed by atoms with Gasteiger partial charge in [-0.05, 0) is 19.3 Å². The van der Waals surface area contributed by atoms with E-state index in [1.54, 1.807) is 0 Å². The van der Waals surface area contributed by atoms with Crippen LogP contribution in [0.15, 0.2) is 0 Å². The Balaban J connectivity index is 2.45. The topological polar surface area (TPSA) is 63.6 Å². The Bertz CT molecular complexity index is 199. The Morgan fingerprint density at radius 2 is 1.92 bits per heavy atom. The number of ether oxygens (including phenoxy) is 1. The van der Waals surface area contributed by atoms with Gasteiger partial charge in [-0.1, -0.05) is 0 Å². The first kappa shape index (κ1) is 9.03. The van der Waals surface area contributed by atoms with Gasteiger partial charge in [0.15, 0.2) is 0 Å². The van der Waals surface area contributed by atoms with Crippen LogP contribution in [0.4, 0.5) is 0 Å². The first-order chi connectivity index (χ1) is 5.65. The van der Waals surface area contributed by atoms with Crippen molar-refractivity contribution in [2.24, 2.45) is 11.8 Å². The zero-order valence-corrected chi connectivity index (χ0v) is 6.95. The standard InChI is InChI=1S/C8H12O4/c1-12-8(11)6-3-2-5(4-6)7(9)10/h5-6H,2-4H2,1H3,(H,9,10)/t5?,6-/m1/s1. The number of rotatable bonds is 2. The molecule has 1 aliphatic rings. The summed E-state index contributed by atoms with van der Waals surface area (Å²) in [4.78, 5) is 21.5. The number of esters is 1. The molecule has 0 aromatic carbocycles. The van der Waals surface area contributed by atoms with Crippen LogP contribution in [0.1, 0.15) is 19.3 Å². The molecule has 1 aliphatic carbocycles. The molecule has 1 N–H and O–H groups in total. The van der Waals surface area contributed by atoms with E-state index in [2.05, 4.69) is 4.74 Å². The second kappa shape index (κ2) is 3.56. The quantitative estimate of drug-likeness (QED) is 0.621. The average Bonchev–Trinajstić information content (AvgIpc) is 2.51. The van der Waals surface area contributed by atoms with Crippen LogP contribution in [0.25, 0.3) is 0 Å². The maximum Gasteiger partial charge on any atom is 0.308 e. The van der Waals surface area contributed by atoms with Gasteiger partial charge in [-0.25, -0.2) is 0 Å². The Labute approximate surface area is 70.5 Å². The summed E-state index contributed by atoms with van der Waals surface area (Å²) < 4.78 is 4.53. The number of carbonyl (C=O) groups excluding carboxylic acids is 1. The Hall–Kier alpha value is -1.06. The third kappa shape index (κ3) is 1.75. The molecule has 0 saturated heterocycles. The molecule has 0 aliphatic heterocycles. The van der Waals surface area contributed by atoms with Crippen LogP contribution in [0.2, 0.25) is 0 Å². The lowest BCUT2D eigenvalue weighted by Crippen LogP contribution is -2.15. The number of carbonyl (C=O) groups is 2. The lowest BCUT2D eigenvalue weighted by Gasteiger charge is -2.05. The van der Waals surface area contributed by atoms with Gasteiger partial charge in [-0.3, -0.25) is 9.59 Å². The molecule has 12 heavy (non-hydrogen) atoms. The van der Waals surface area contributed by atoms with E-state index in [4.69, 9.17) is 5.11 Å². The van der Waals surface area contributed by atoms with E-state index in [0.29, 0.717) is 19.3 Å². The predicted octanol–water partition coefficient (Wildman–Crippen LogP) is 0.660. The highest BCUT2D eigenvalue weighted by atomic mass is 16.5. The fourth-order valence-corrected chi connectivity index (χ4v) is 1.59. The summed E-state index contributed by atoms with van der Waals surface area (Å²) >= 11 is 0. The van der Waals surface area contributed by atoms with Crippen LogP contribution < -0.4 is 0 Å². The summed E-state index contributed by atoms with van der Waals surface area (Å²) in [5.41, 5.74) is 0. The van der Waals surface area contributed by atoms with E-state index in [1.165, 1.54) is 7.11 Å². The summed E-state index contributed by atoms with van der Waals surface area (Å²) in [7, 11) is 1.33. The molecule has 1 fully saturated rings. The van der Waals surface area contributed by atoms with E-state index in [0.717, 1.165) is 0 Å². The van der Waals surface area contributed by atoms with Gasteiger partial charge in [0.2, 0.25) is 0 Å². The zero-order valence-electron chi connectivity index (χ0n) is 6.95. The molecule has 4 heteroatoms. The fourth-order valence-electron chi connectivity index (χ4n) is 1.59. The van der Waals surface area contributed by atoms with Gasteiger partial charge < -0.3 is 9.84 Å². The molecule has 0 bridgehead atoms. The van der Waals surface area contributed by atoms with Gasteiger partial charge in [0, 0.05) is 0 Å². The normalized spacial score (nSPS) is 28.4. The van der Waals surface area contributed by atoms with Crippen molar-refractivity contribution in [2.45, 2.75) is 19.3 Å². The van der Waals surface area contributed by atoms with Crippen LogP contribution in [0, 0.1) is 11.8 Å². The average molecular weight is 172 g/mol. The third-order valence-corrected chi connectivity index (χ3v) is 2.32. The van der Waals surface area contributed by atoms with Crippen LogP contribution in [-0.4, -0.2) is 24.2 Å².